The van der Waals surface area contributed by atoms with Gasteiger partial charge in [0, 0.05) is 27.7 Å². The van der Waals surface area contributed by atoms with Gasteiger partial charge >= 0.3 is 0 Å². The second-order valence-electron chi connectivity index (χ2n) is 3.77. The number of nitrogens with zero attached hydrogens (tertiary/aromatic N) is 2. The second kappa shape index (κ2) is 5.14. The fraction of sp³-hybridized carbons (Fsp3) is 0.333. The van der Waals surface area contributed by atoms with Crippen molar-refractivity contribution in [3.05, 3.63) is 27.2 Å². The van der Waals surface area contributed by atoms with Crippen molar-refractivity contribution in [2.75, 3.05) is 11.9 Å². The third kappa shape index (κ3) is 2.66. The molecular formula is C12H14BrN3S. The van der Waals surface area contributed by atoms with Gasteiger partial charge in [-0.2, -0.15) is 0 Å². The average Bonchev–Trinajstić information content (AvgIpc) is 2.71. The van der Waals surface area contributed by atoms with Gasteiger partial charge in [0.25, 0.3) is 0 Å². The van der Waals surface area contributed by atoms with Crippen LogP contribution in [0.3, 0.4) is 0 Å². The van der Waals surface area contributed by atoms with Crippen LogP contribution in [0.5, 0.6) is 0 Å². The average molecular weight is 312 g/mol. The molecule has 0 radical (unpaired) electrons. The maximum absolute atomic E-state index is 4.57. The Balaban J connectivity index is 2.48. The van der Waals surface area contributed by atoms with Gasteiger partial charge in [-0.3, -0.25) is 0 Å². The number of hydrogen-bond acceptors (Lipinski definition) is 4. The Hall–Kier alpha value is -0.940. The minimum Gasteiger partial charge on any atom is -0.370 e. The molecule has 0 spiro atoms. The Labute approximate surface area is 113 Å². The van der Waals surface area contributed by atoms with Gasteiger partial charge in [0.15, 0.2) is 5.82 Å². The monoisotopic (exact) mass is 311 g/mol. The van der Waals surface area contributed by atoms with E-state index in [-0.39, 0.29) is 0 Å². The molecular weight excluding hydrogens is 298 g/mol. The molecule has 0 aromatic carbocycles. The van der Waals surface area contributed by atoms with Gasteiger partial charge < -0.3 is 5.32 Å². The molecule has 0 saturated carbocycles. The van der Waals surface area contributed by atoms with Gasteiger partial charge in [0.1, 0.15) is 5.82 Å². The Morgan fingerprint density at radius 3 is 2.71 bits per heavy atom. The van der Waals surface area contributed by atoms with Crippen LogP contribution in [0.1, 0.15) is 18.2 Å². The first kappa shape index (κ1) is 12.5. The summed E-state index contributed by atoms with van der Waals surface area (Å²) in [5.41, 5.74) is 2.14. The number of anilines is 1. The molecule has 3 nitrogen and oxygen atoms in total. The van der Waals surface area contributed by atoms with Gasteiger partial charge in [-0.1, -0.05) is 0 Å². The van der Waals surface area contributed by atoms with Crippen LogP contribution >= 0.6 is 27.3 Å². The lowest BCUT2D eigenvalue weighted by molar-refractivity contribution is 1.05. The second-order valence-corrected chi connectivity index (χ2v) is 5.59. The van der Waals surface area contributed by atoms with Crippen molar-refractivity contribution in [2.24, 2.45) is 0 Å². The molecule has 2 rings (SSSR count). The standard InChI is InChI=1S/C12H14BrN3S/c1-4-14-11-7(2)8(3)15-12(16-11)10-5-9(13)6-17-10/h5-6H,4H2,1-3H3,(H,14,15,16). The highest BCUT2D eigenvalue weighted by molar-refractivity contribution is 9.10. The third-order valence-electron chi connectivity index (χ3n) is 2.52. The summed E-state index contributed by atoms with van der Waals surface area (Å²) >= 11 is 5.10. The van der Waals surface area contributed by atoms with E-state index in [4.69, 9.17) is 0 Å². The van der Waals surface area contributed by atoms with Crippen molar-refractivity contribution in [3.63, 3.8) is 0 Å². The van der Waals surface area contributed by atoms with E-state index < -0.39 is 0 Å². The maximum atomic E-state index is 4.57. The molecule has 0 bridgehead atoms. The molecule has 2 heterocycles. The topological polar surface area (TPSA) is 37.8 Å². The number of halogens is 1. The first-order valence-electron chi connectivity index (χ1n) is 5.45. The molecule has 0 fully saturated rings. The number of aryl methyl sites for hydroxylation is 1. The van der Waals surface area contributed by atoms with E-state index in [1.807, 2.05) is 25.3 Å². The van der Waals surface area contributed by atoms with E-state index in [1.165, 1.54) is 0 Å². The van der Waals surface area contributed by atoms with E-state index in [9.17, 15) is 0 Å². The van der Waals surface area contributed by atoms with Gasteiger partial charge in [0.05, 0.1) is 4.88 Å². The lowest BCUT2D eigenvalue weighted by Crippen LogP contribution is -2.05. The maximum Gasteiger partial charge on any atom is 0.171 e. The van der Waals surface area contributed by atoms with Crippen LogP contribution in [0.2, 0.25) is 0 Å². The van der Waals surface area contributed by atoms with Gasteiger partial charge in [-0.05, 0) is 42.8 Å². The Morgan fingerprint density at radius 2 is 2.12 bits per heavy atom. The van der Waals surface area contributed by atoms with Gasteiger partial charge in [-0.25, -0.2) is 9.97 Å². The van der Waals surface area contributed by atoms with Crippen molar-refractivity contribution in [2.45, 2.75) is 20.8 Å². The summed E-state index contributed by atoms with van der Waals surface area (Å²) in [4.78, 5) is 10.2. The molecule has 5 heteroatoms. The van der Waals surface area contributed by atoms with Crippen molar-refractivity contribution in [1.82, 2.24) is 9.97 Å². The summed E-state index contributed by atoms with van der Waals surface area (Å²) in [5.74, 6) is 1.72. The van der Waals surface area contributed by atoms with E-state index in [0.29, 0.717) is 0 Å². The lowest BCUT2D eigenvalue weighted by atomic mass is 10.2. The van der Waals surface area contributed by atoms with Gasteiger partial charge in [0.2, 0.25) is 0 Å². The van der Waals surface area contributed by atoms with Crippen LogP contribution in [-0.4, -0.2) is 16.5 Å². The van der Waals surface area contributed by atoms with Gasteiger partial charge in [-0.15, -0.1) is 11.3 Å². The number of nitrogens with one attached hydrogen (secondary N) is 1. The zero-order valence-corrected chi connectivity index (χ0v) is 12.4. The van der Waals surface area contributed by atoms with Crippen LogP contribution in [0, 0.1) is 13.8 Å². The Kier molecular flexibility index (Phi) is 3.79. The first-order valence-corrected chi connectivity index (χ1v) is 7.12. The number of aromatic nitrogens is 2. The summed E-state index contributed by atoms with van der Waals surface area (Å²) in [6.07, 6.45) is 0. The molecule has 90 valence electrons. The van der Waals surface area contributed by atoms with E-state index in [1.54, 1.807) is 11.3 Å². The highest BCUT2D eigenvalue weighted by atomic mass is 79.9. The smallest absolute Gasteiger partial charge is 0.171 e. The molecule has 0 atom stereocenters. The highest BCUT2D eigenvalue weighted by Crippen LogP contribution is 2.29. The molecule has 17 heavy (non-hydrogen) atoms. The van der Waals surface area contributed by atoms with Crippen molar-refractivity contribution in [1.29, 1.82) is 0 Å². The van der Waals surface area contributed by atoms with Crippen molar-refractivity contribution >= 4 is 33.1 Å². The summed E-state index contributed by atoms with van der Waals surface area (Å²) in [6.45, 7) is 6.99. The minimum atomic E-state index is 0.791. The van der Waals surface area contributed by atoms with Crippen molar-refractivity contribution in [3.8, 4) is 10.7 Å². The van der Waals surface area contributed by atoms with Crippen LogP contribution in [0.4, 0.5) is 5.82 Å². The van der Waals surface area contributed by atoms with Crippen molar-refractivity contribution < 1.29 is 0 Å². The number of rotatable bonds is 3. The molecule has 0 aliphatic carbocycles. The van der Waals surface area contributed by atoms with E-state index in [2.05, 4.69) is 38.1 Å². The number of thiophene rings is 1. The van der Waals surface area contributed by atoms with Crippen LogP contribution in [0.15, 0.2) is 15.9 Å². The quantitative estimate of drug-likeness (QED) is 0.930. The fourth-order valence-electron chi connectivity index (χ4n) is 1.51. The summed E-state index contributed by atoms with van der Waals surface area (Å²) in [7, 11) is 0. The molecule has 0 unspecified atom stereocenters. The Bertz CT molecular complexity index is 537. The predicted octanol–water partition coefficient (Wildman–Crippen LogP) is 4.02. The third-order valence-corrected chi connectivity index (χ3v) is 4.21. The highest BCUT2D eigenvalue weighted by Gasteiger charge is 2.10. The predicted molar refractivity (Wildman–Crippen MR) is 76.7 cm³/mol. The molecule has 0 aliphatic rings. The zero-order valence-electron chi connectivity index (χ0n) is 10.0. The zero-order chi connectivity index (χ0) is 12.4. The normalized spacial score (nSPS) is 10.6. The molecule has 1 N–H and O–H groups in total. The molecule has 2 aromatic heterocycles. The fourth-order valence-corrected chi connectivity index (χ4v) is 2.87. The molecule has 0 amide bonds. The minimum absolute atomic E-state index is 0.791. The summed E-state index contributed by atoms with van der Waals surface area (Å²) < 4.78 is 1.07. The summed E-state index contributed by atoms with van der Waals surface area (Å²) in [6, 6.07) is 2.05. The first-order chi connectivity index (χ1) is 8.11. The van der Waals surface area contributed by atoms with Crippen LogP contribution in [-0.2, 0) is 0 Å². The van der Waals surface area contributed by atoms with Crippen LogP contribution < -0.4 is 5.32 Å². The largest absolute Gasteiger partial charge is 0.370 e. The molecule has 2 aromatic rings. The number of hydrogen-bond donors (Lipinski definition) is 1. The van der Waals surface area contributed by atoms with E-state index >= 15 is 0 Å². The van der Waals surface area contributed by atoms with E-state index in [0.717, 1.165) is 38.8 Å². The lowest BCUT2D eigenvalue weighted by Gasteiger charge is -2.10. The summed E-state index contributed by atoms with van der Waals surface area (Å²) in [5, 5.41) is 5.32. The Morgan fingerprint density at radius 1 is 1.35 bits per heavy atom. The SMILES string of the molecule is CCNc1nc(-c2cc(Br)cs2)nc(C)c1C. The molecule has 0 aliphatic heterocycles. The molecule has 0 saturated heterocycles. The van der Waals surface area contributed by atoms with Crippen LogP contribution in [0.25, 0.3) is 10.7 Å².